The molecule has 0 saturated heterocycles. The van der Waals surface area contributed by atoms with E-state index >= 15 is 0 Å². The molecule has 0 aliphatic heterocycles. The topological polar surface area (TPSA) is 110 Å². The van der Waals surface area contributed by atoms with Crippen molar-refractivity contribution >= 4 is 0 Å². The number of aromatic amines is 1. The highest BCUT2D eigenvalue weighted by Gasteiger charge is 2.17. The van der Waals surface area contributed by atoms with Crippen molar-refractivity contribution in [1.82, 2.24) is 30.6 Å². The molecule has 0 unspecified atom stereocenters. The van der Waals surface area contributed by atoms with Crippen LogP contribution in [0.3, 0.4) is 0 Å². The number of ether oxygens (including phenoxy) is 1. The molecule has 2 aromatic heterocycles. The number of nitrogens with one attached hydrogen (secondary N) is 1. The molecule has 0 spiro atoms. The Morgan fingerprint density at radius 3 is 2.36 bits per heavy atom. The summed E-state index contributed by atoms with van der Waals surface area (Å²) in [7, 11) is 0. The number of aryl methyl sites for hydroxylation is 2. The van der Waals surface area contributed by atoms with Gasteiger partial charge in [-0.25, -0.2) is 4.98 Å². The van der Waals surface area contributed by atoms with Crippen LogP contribution in [0, 0.1) is 0 Å². The predicted molar refractivity (Wildman–Crippen MR) is 150 cm³/mol. The normalized spacial score (nSPS) is 11.1. The summed E-state index contributed by atoms with van der Waals surface area (Å²) < 4.78 is 6.38. The summed E-state index contributed by atoms with van der Waals surface area (Å²) in [6.45, 7) is 4.62. The number of tetrazole rings is 1. The minimum absolute atomic E-state index is 0.0137. The standard InChI is InChI=1S/C31H32N6O2/c1-3-8-28-27(18-22-9-7-10-23(17-22)19-38)31(33-29(4-2)32-28)39-20-21-13-15-24(16-14-21)25-11-5-6-12-26(25)30-34-36-37-35-30/h5-7,9-17,38H,3-4,8,18-20H2,1-2H3,(H,34,35,36,37). The first kappa shape index (κ1) is 26.2. The smallest absolute Gasteiger partial charge is 0.220 e. The second-order valence-corrected chi connectivity index (χ2v) is 9.40. The Bertz CT molecular complexity index is 1520. The highest BCUT2D eigenvalue weighted by Crippen LogP contribution is 2.30. The van der Waals surface area contributed by atoms with Crippen molar-refractivity contribution < 1.29 is 9.84 Å². The molecule has 0 bridgehead atoms. The highest BCUT2D eigenvalue weighted by molar-refractivity contribution is 5.80. The molecule has 8 nitrogen and oxygen atoms in total. The number of hydrogen-bond acceptors (Lipinski definition) is 7. The SMILES string of the molecule is CCCc1nc(CC)nc(OCc2ccc(-c3ccccc3-c3nn[nH]n3)cc2)c1Cc1cccc(CO)c1. The van der Waals surface area contributed by atoms with Gasteiger partial charge in [-0.1, -0.05) is 93.1 Å². The van der Waals surface area contributed by atoms with E-state index in [1.165, 1.54) is 0 Å². The maximum atomic E-state index is 9.60. The monoisotopic (exact) mass is 520 g/mol. The Labute approximate surface area is 228 Å². The van der Waals surface area contributed by atoms with Crippen molar-refractivity contribution in [3.63, 3.8) is 0 Å². The molecular weight excluding hydrogens is 488 g/mol. The van der Waals surface area contributed by atoms with Crippen molar-refractivity contribution in [1.29, 1.82) is 0 Å². The minimum Gasteiger partial charge on any atom is -0.472 e. The van der Waals surface area contributed by atoms with Crippen LogP contribution in [-0.2, 0) is 32.5 Å². The number of aromatic nitrogens is 6. The minimum atomic E-state index is 0.0137. The van der Waals surface area contributed by atoms with Gasteiger partial charge in [-0.2, -0.15) is 10.2 Å². The number of hydrogen-bond donors (Lipinski definition) is 2. The largest absolute Gasteiger partial charge is 0.472 e. The van der Waals surface area contributed by atoms with E-state index in [0.717, 1.165) is 69.7 Å². The average Bonchev–Trinajstić information content (AvgIpc) is 3.53. The number of aliphatic hydroxyl groups is 1. The summed E-state index contributed by atoms with van der Waals surface area (Å²) in [6.07, 6.45) is 3.22. The zero-order chi connectivity index (χ0) is 27.0. The molecule has 5 aromatic rings. The third-order valence-corrected chi connectivity index (χ3v) is 6.61. The molecule has 0 atom stereocenters. The molecule has 0 aliphatic rings. The van der Waals surface area contributed by atoms with Gasteiger partial charge in [-0.05, 0) is 39.5 Å². The van der Waals surface area contributed by atoms with Gasteiger partial charge in [0.15, 0.2) is 0 Å². The first-order valence-corrected chi connectivity index (χ1v) is 13.3. The van der Waals surface area contributed by atoms with Gasteiger partial charge in [0.25, 0.3) is 0 Å². The van der Waals surface area contributed by atoms with Crippen LogP contribution in [0.25, 0.3) is 22.5 Å². The van der Waals surface area contributed by atoms with Gasteiger partial charge in [0.2, 0.25) is 11.7 Å². The maximum Gasteiger partial charge on any atom is 0.220 e. The predicted octanol–water partition coefficient (Wildman–Crippen LogP) is 5.50. The lowest BCUT2D eigenvalue weighted by Gasteiger charge is -2.16. The summed E-state index contributed by atoms with van der Waals surface area (Å²) >= 11 is 0. The second-order valence-electron chi connectivity index (χ2n) is 9.40. The number of H-pyrrole nitrogens is 1. The summed E-state index contributed by atoms with van der Waals surface area (Å²) in [5.41, 5.74) is 8.08. The van der Waals surface area contributed by atoms with E-state index in [2.05, 4.69) is 70.9 Å². The number of nitrogens with zero attached hydrogens (tertiary/aromatic N) is 5. The lowest BCUT2D eigenvalue weighted by Crippen LogP contribution is -2.10. The van der Waals surface area contributed by atoms with Crippen LogP contribution in [0.4, 0.5) is 0 Å². The van der Waals surface area contributed by atoms with Gasteiger partial charge >= 0.3 is 0 Å². The first-order chi connectivity index (χ1) is 19.2. The van der Waals surface area contributed by atoms with Crippen molar-refractivity contribution in [2.45, 2.75) is 52.7 Å². The van der Waals surface area contributed by atoms with E-state index < -0.39 is 0 Å². The van der Waals surface area contributed by atoms with Crippen molar-refractivity contribution in [2.24, 2.45) is 0 Å². The molecule has 0 aliphatic carbocycles. The van der Waals surface area contributed by atoms with E-state index in [4.69, 9.17) is 14.7 Å². The molecule has 0 saturated carbocycles. The van der Waals surface area contributed by atoms with Crippen LogP contribution in [0.2, 0.25) is 0 Å². The van der Waals surface area contributed by atoms with E-state index in [0.29, 0.717) is 24.7 Å². The molecule has 2 N–H and O–H groups in total. The van der Waals surface area contributed by atoms with Gasteiger partial charge in [-0.3, -0.25) is 0 Å². The molecule has 198 valence electrons. The first-order valence-electron chi connectivity index (χ1n) is 13.3. The lowest BCUT2D eigenvalue weighted by molar-refractivity contribution is 0.281. The molecule has 3 aromatic carbocycles. The van der Waals surface area contributed by atoms with E-state index in [1.54, 1.807) is 0 Å². The second kappa shape index (κ2) is 12.4. The Balaban J connectivity index is 1.40. The quantitative estimate of drug-likeness (QED) is 0.237. The van der Waals surface area contributed by atoms with Crippen LogP contribution in [0.1, 0.15) is 54.0 Å². The number of aliphatic hydroxyl groups excluding tert-OH is 1. The molecular formula is C31H32N6O2. The fourth-order valence-corrected chi connectivity index (χ4v) is 4.64. The Morgan fingerprint density at radius 1 is 0.846 bits per heavy atom. The van der Waals surface area contributed by atoms with E-state index in [9.17, 15) is 5.11 Å². The van der Waals surface area contributed by atoms with Gasteiger partial charge in [0, 0.05) is 24.0 Å². The van der Waals surface area contributed by atoms with Gasteiger partial charge in [-0.15, -0.1) is 10.2 Å². The summed E-state index contributed by atoms with van der Waals surface area (Å²) in [4.78, 5) is 9.64. The van der Waals surface area contributed by atoms with Gasteiger partial charge in [0.05, 0.1) is 12.3 Å². The van der Waals surface area contributed by atoms with Crippen LogP contribution in [0.5, 0.6) is 5.88 Å². The van der Waals surface area contributed by atoms with Crippen LogP contribution < -0.4 is 4.74 Å². The van der Waals surface area contributed by atoms with Crippen LogP contribution in [-0.4, -0.2) is 35.7 Å². The van der Waals surface area contributed by atoms with Crippen molar-refractivity contribution in [3.05, 3.63) is 107 Å². The third kappa shape index (κ3) is 6.18. The summed E-state index contributed by atoms with van der Waals surface area (Å²) in [5, 5.41) is 24.1. The maximum absolute atomic E-state index is 9.60. The zero-order valence-corrected chi connectivity index (χ0v) is 22.3. The van der Waals surface area contributed by atoms with Crippen molar-refractivity contribution in [2.75, 3.05) is 0 Å². The lowest BCUT2D eigenvalue weighted by atomic mass is 9.98. The highest BCUT2D eigenvalue weighted by atomic mass is 16.5. The molecule has 0 radical (unpaired) electrons. The Morgan fingerprint density at radius 2 is 1.64 bits per heavy atom. The van der Waals surface area contributed by atoms with E-state index in [1.807, 2.05) is 36.4 Å². The molecule has 8 heteroatoms. The fourth-order valence-electron chi connectivity index (χ4n) is 4.64. The Kier molecular flexibility index (Phi) is 8.33. The van der Waals surface area contributed by atoms with Crippen LogP contribution >= 0.6 is 0 Å². The fraction of sp³-hybridized carbons (Fsp3) is 0.258. The summed E-state index contributed by atoms with van der Waals surface area (Å²) in [5.74, 6) is 1.98. The van der Waals surface area contributed by atoms with Crippen molar-refractivity contribution in [3.8, 4) is 28.4 Å². The Hall–Kier alpha value is -4.43. The molecule has 0 amide bonds. The third-order valence-electron chi connectivity index (χ3n) is 6.61. The molecule has 5 rings (SSSR count). The van der Waals surface area contributed by atoms with Crippen LogP contribution in [0.15, 0.2) is 72.8 Å². The van der Waals surface area contributed by atoms with Gasteiger partial charge < -0.3 is 9.84 Å². The van der Waals surface area contributed by atoms with E-state index in [-0.39, 0.29) is 6.61 Å². The number of benzene rings is 3. The zero-order valence-electron chi connectivity index (χ0n) is 22.3. The molecule has 39 heavy (non-hydrogen) atoms. The average molecular weight is 521 g/mol. The summed E-state index contributed by atoms with van der Waals surface area (Å²) in [6, 6.07) is 24.3. The molecule has 2 heterocycles. The van der Waals surface area contributed by atoms with Gasteiger partial charge in [0.1, 0.15) is 12.4 Å². The number of rotatable bonds is 11. The molecule has 0 fully saturated rings.